The predicted molar refractivity (Wildman–Crippen MR) is 80.1 cm³/mol. The van der Waals surface area contributed by atoms with E-state index in [0.717, 1.165) is 0 Å². The third kappa shape index (κ3) is 5.11. The maximum atomic E-state index is 10.2. The smallest absolute Gasteiger partial charge is 0.161 e. The van der Waals surface area contributed by atoms with Crippen LogP contribution >= 0.6 is 0 Å². The summed E-state index contributed by atoms with van der Waals surface area (Å²) in [7, 11) is 2.87. The van der Waals surface area contributed by atoms with Crippen molar-refractivity contribution in [3.8, 4) is 23.0 Å². The molecule has 0 fully saturated rings. The van der Waals surface area contributed by atoms with Crippen LogP contribution in [0.2, 0.25) is 0 Å². The summed E-state index contributed by atoms with van der Waals surface area (Å²) in [5, 5.41) is 18.2. The molecule has 0 bridgehead atoms. The van der Waals surface area contributed by atoms with Gasteiger partial charge in [-0.15, -0.1) is 0 Å². The minimum absolute atomic E-state index is 0. The van der Waals surface area contributed by atoms with Crippen molar-refractivity contribution in [2.45, 2.75) is 0 Å². The van der Waals surface area contributed by atoms with E-state index in [-0.39, 0.29) is 11.5 Å². The van der Waals surface area contributed by atoms with Crippen molar-refractivity contribution in [2.75, 3.05) is 14.2 Å². The Morgan fingerprint density at radius 2 is 1.13 bits per heavy atom. The average molecular weight is 571 g/mol. The number of rotatable bonds is 4. The largest absolute Gasteiger partial charge is 0.504 e. The standard InChI is InChI=1S/2C8H8O3.Rf/c2*1-11-8-4-6(5-9)2-3-7(8)10;/h2*2-5,10H,1H3;. The molecule has 2 aromatic rings. The summed E-state index contributed by atoms with van der Waals surface area (Å²) in [6, 6.07) is 8.82. The fourth-order valence-corrected chi connectivity index (χ4v) is 1.54. The van der Waals surface area contributed by atoms with Crippen molar-refractivity contribution < 1.29 is 29.3 Å². The Kier molecular flexibility index (Phi) is 7.44. The molecule has 118 valence electrons. The van der Waals surface area contributed by atoms with Gasteiger partial charge in [-0.25, -0.2) is 0 Å². The van der Waals surface area contributed by atoms with E-state index in [0.29, 0.717) is 35.2 Å². The van der Waals surface area contributed by atoms with Crippen molar-refractivity contribution in [1.29, 1.82) is 0 Å². The van der Waals surface area contributed by atoms with E-state index >= 15 is 0 Å². The van der Waals surface area contributed by atoms with Gasteiger partial charge in [0.2, 0.25) is 0 Å². The number of ether oxygens (including phenoxy) is 2. The van der Waals surface area contributed by atoms with E-state index in [1.54, 1.807) is 0 Å². The Balaban J connectivity index is 0.000000403. The van der Waals surface area contributed by atoms with Gasteiger partial charge in [-0.05, 0) is 36.4 Å². The molecule has 23 heavy (non-hydrogen) atoms. The van der Waals surface area contributed by atoms with Gasteiger partial charge in [-0.2, -0.15) is 0 Å². The summed E-state index contributed by atoms with van der Waals surface area (Å²) in [6.45, 7) is 0. The molecular weight excluding hydrogens is 555 g/mol. The van der Waals surface area contributed by atoms with E-state index < -0.39 is 0 Å². The molecule has 0 heterocycles. The zero-order chi connectivity index (χ0) is 16.5. The first-order valence-electron chi connectivity index (χ1n) is 6.20. The predicted octanol–water partition coefficient (Wildman–Crippen LogP) is 2.43. The Hall–Kier alpha value is -4.02. The second-order valence-corrected chi connectivity index (χ2v) is 4.10. The van der Waals surface area contributed by atoms with Gasteiger partial charge in [0.25, 0.3) is 0 Å². The molecular formula is C16H16O6Rf. The van der Waals surface area contributed by atoms with Gasteiger partial charge < -0.3 is 19.7 Å². The molecule has 6 nitrogen and oxygen atoms in total. The zero-order valence-corrected chi connectivity index (χ0v) is 19.3. The summed E-state index contributed by atoms with van der Waals surface area (Å²) in [5.41, 5.74) is 0.972. The first-order chi connectivity index (χ1) is 10.5. The fourth-order valence-electron chi connectivity index (χ4n) is 1.54. The zero-order valence-electron chi connectivity index (χ0n) is 12.9. The van der Waals surface area contributed by atoms with Gasteiger partial charge in [0.05, 0.1) is 14.2 Å². The monoisotopic (exact) mass is 571 g/mol. The molecule has 0 atom stereocenters. The number of phenols is 2. The van der Waals surface area contributed by atoms with E-state index in [9.17, 15) is 9.59 Å². The minimum Gasteiger partial charge on any atom is -0.504 e. The molecule has 2 N–H and O–H groups in total. The second-order valence-electron chi connectivity index (χ2n) is 4.10. The molecule has 0 spiro atoms. The third-order valence-corrected chi connectivity index (χ3v) is 2.68. The molecule has 2 rings (SSSR count). The minimum atomic E-state index is 0. The molecule has 0 amide bonds. The van der Waals surface area contributed by atoms with Crippen LogP contribution in [-0.4, -0.2) is 37.0 Å². The first kappa shape index (κ1) is 19.0. The molecule has 0 radical (unpaired) electrons. The molecule has 0 aromatic heterocycles. The van der Waals surface area contributed by atoms with E-state index in [1.807, 2.05) is 0 Å². The van der Waals surface area contributed by atoms with Crippen LogP contribution in [0.1, 0.15) is 20.7 Å². The van der Waals surface area contributed by atoms with Gasteiger partial charge in [0, 0.05) is 11.1 Å². The van der Waals surface area contributed by atoms with Gasteiger partial charge in [-0.1, -0.05) is 0 Å². The molecule has 0 aliphatic carbocycles. The summed E-state index contributed by atoms with van der Waals surface area (Å²) >= 11 is 0. The van der Waals surface area contributed by atoms with Crippen LogP contribution in [-0.2, 0) is 0 Å². The van der Waals surface area contributed by atoms with Crippen molar-refractivity contribution in [3.05, 3.63) is 47.5 Å². The van der Waals surface area contributed by atoms with E-state index in [4.69, 9.17) is 19.7 Å². The maximum Gasteiger partial charge on any atom is 0.161 e. The molecule has 0 unspecified atom stereocenters. The molecule has 0 saturated heterocycles. The summed E-state index contributed by atoms with van der Waals surface area (Å²) in [5.74, 6) is 0.709. The molecule has 2 aromatic carbocycles. The summed E-state index contributed by atoms with van der Waals surface area (Å²) in [6.07, 6.45) is 1.39. The molecule has 7 heteroatoms. The summed E-state index contributed by atoms with van der Waals surface area (Å²) in [4.78, 5) is 20.5. The SMILES string of the molecule is COc1cc(C=O)ccc1O.COc1cc(C=O)ccc1O.[Rf]. The van der Waals surface area contributed by atoms with Gasteiger partial charge in [-0.3, -0.25) is 9.59 Å². The third-order valence-electron chi connectivity index (χ3n) is 2.68. The second kappa shape index (κ2) is 9.02. The number of aldehydes is 2. The van der Waals surface area contributed by atoms with Crippen LogP contribution in [0, 0.1) is 0 Å². The molecule has 0 aliphatic rings. The van der Waals surface area contributed by atoms with Crippen LogP contribution in [0.25, 0.3) is 0 Å². The van der Waals surface area contributed by atoms with E-state index in [2.05, 4.69) is 0 Å². The van der Waals surface area contributed by atoms with Crippen LogP contribution in [0.15, 0.2) is 36.4 Å². The Bertz CT molecular complexity index is 600. The van der Waals surface area contributed by atoms with Gasteiger partial charge in [0.1, 0.15) is 12.6 Å². The van der Waals surface area contributed by atoms with Crippen LogP contribution in [0.3, 0.4) is 0 Å². The number of phenolic OH excluding ortho intramolecular Hbond substituents is 2. The van der Waals surface area contributed by atoms with Crippen molar-refractivity contribution >= 4 is 12.6 Å². The van der Waals surface area contributed by atoms with E-state index in [1.165, 1.54) is 50.6 Å². The Labute approximate surface area is 127 Å². The fraction of sp³-hybridized carbons (Fsp3) is 0.125. The summed E-state index contributed by atoms with van der Waals surface area (Å²) < 4.78 is 9.56. The number of hydrogen-bond donors (Lipinski definition) is 2. The quantitative estimate of drug-likeness (QED) is 0.549. The first-order valence-corrected chi connectivity index (χ1v) is 6.20. The Morgan fingerprint density at radius 1 is 0.783 bits per heavy atom. The van der Waals surface area contributed by atoms with Crippen LogP contribution < -0.4 is 9.47 Å². The topological polar surface area (TPSA) is 93.1 Å². The van der Waals surface area contributed by atoms with Crippen molar-refractivity contribution in [2.24, 2.45) is 0 Å². The van der Waals surface area contributed by atoms with Crippen molar-refractivity contribution in [3.63, 3.8) is 0 Å². The molecule has 0 saturated carbocycles. The average Bonchev–Trinajstić information content (AvgIpc) is 2.56. The normalized spacial score (nSPS) is 8.78. The van der Waals surface area contributed by atoms with Crippen LogP contribution in [0.5, 0.6) is 23.0 Å². The number of aromatic hydroxyl groups is 2. The Morgan fingerprint density at radius 3 is 1.39 bits per heavy atom. The van der Waals surface area contributed by atoms with Crippen molar-refractivity contribution in [1.82, 2.24) is 0 Å². The number of benzene rings is 2. The maximum absolute atomic E-state index is 10.2. The van der Waals surface area contributed by atoms with Crippen LogP contribution in [0.4, 0.5) is 0 Å². The van der Waals surface area contributed by atoms with Gasteiger partial charge in [0.15, 0.2) is 23.0 Å². The van der Waals surface area contributed by atoms with Gasteiger partial charge >= 0.3 is 0 Å². The number of hydrogen-bond acceptors (Lipinski definition) is 6. The molecule has 0 aliphatic heterocycles. The number of carbonyl (C=O) groups is 2. The number of methoxy groups -OCH3 is 2. The number of carbonyl (C=O) groups excluding carboxylic acids is 2.